The lowest BCUT2D eigenvalue weighted by atomic mass is 10.1. The number of ether oxygens (including phenoxy) is 2. The average Bonchev–Trinajstić information content (AvgIpc) is 2.83. The van der Waals surface area contributed by atoms with Crippen molar-refractivity contribution in [2.45, 2.75) is 31.2 Å². The molecule has 0 N–H and O–H groups in total. The molecule has 0 saturated carbocycles. The van der Waals surface area contributed by atoms with E-state index in [-0.39, 0.29) is 24.1 Å². The topological polar surface area (TPSA) is 35.5 Å². The molecule has 0 radical (unpaired) electrons. The lowest BCUT2D eigenvalue weighted by molar-refractivity contribution is -0.117. The molecule has 1 fully saturated rings. The van der Waals surface area contributed by atoms with Crippen LogP contribution >= 0.6 is 11.6 Å². The fourth-order valence-corrected chi connectivity index (χ4v) is 2.41. The van der Waals surface area contributed by atoms with Crippen molar-refractivity contribution in [3.63, 3.8) is 0 Å². The van der Waals surface area contributed by atoms with Gasteiger partial charge in [0.25, 0.3) is 0 Å². The van der Waals surface area contributed by atoms with E-state index >= 15 is 0 Å². The summed E-state index contributed by atoms with van der Waals surface area (Å²) in [5, 5.41) is -0.578. The van der Waals surface area contributed by atoms with Gasteiger partial charge < -0.3 is 9.47 Å². The number of carbonyl (C=O) groups excluding carboxylic acids is 1. The second-order valence-electron chi connectivity index (χ2n) is 4.66. The molecule has 2 atom stereocenters. The van der Waals surface area contributed by atoms with Gasteiger partial charge in [-0.1, -0.05) is 0 Å². The highest BCUT2D eigenvalue weighted by molar-refractivity contribution is 6.22. The van der Waals surface area contributed by atoms with E-state index in [4.69, 9.17) is 21.1 Å². The summed E-state index contributed by atoms with van der Waals surface area (Å²) in [4.78, 5) is 11.1. The third kappa shape index (κ3) is 3.91. The molecule has 19 heavy (non-hydrogen) atoms. The summed E-state index contributed by atoms with van der Waals surface area (Å²) in [6.07, 6.45) is 0.921. The number of carbonyl (C=O) groups is 1. The fraction of sp³-hybridized carbons (Fsp3) is 0.500. The Morgan fingerprint density at radius 2 is 2.42 bits per heavy atom. The standard InChI is InChI=1S/C14H16ClFO3/c1-9(17)6-13(15)12-7-10(16)2-3-14(12)19-11-4-5-18-8-11/h2-3,7,11,13H,4-6,8H2,1H3/t11?,13-/m0/s1. The Morgan fingerprint density at radius 3 is 3.05 bits per heavy atom. The third-order valence-corrected chi connectivity index (χ3v) is 3.35. The summed E-state index contributed by atoms with van der Waals surface area (Å²) in [5.41, 5.74) is 0.517. The molecule has 1 unspecified atom stereocenters. The molecule has 1 aliphatic heterocycles. The zero-order valence-electron chi connectivity index (χ0n) is 10.7. The Bertz CT molecular complexity index is 458. The average molecular weight is 287 g/mol. The predicted octanol–water partition coefficient (Wildman–Crippen LogP) is 3.25. The minimum absolute atomic E-state index is 0.0367. The molecule has 0 aromatic heterocycles. The van der Waals surface area contributed by atoms with E-state index in [0.717, 1.165) is 6.42 Å². The summed E-state index contributed by atoms with van der Waals surface area (Å²) in [6, 6.07) is 4.20. The Morgan fingerprint density at radius 1 is 1.63 bits per heavy atom. The zero-order valence-corrected chi connectivity index (χ0v) is 11.5. The molecule has 1 aliphatic rings. The second kappa shape index (κ2) is 6.35. The summed E-state index contributed by atoms with van der Waals surface area (Å²) >= 11 is 6.17. The van der Waals surface area contributed by atoms with Gasteiger partial charge in [0, 0.05) is 18.4 Å². The first-order chi connectivity index (χ1) is 9.06. The maximum Gasteiger partial charge on any atom is 0.131 e. The molecule has 5 heteroatoms. The van der Waals surface area contributed by atoms with E-state index in [9.17, 15) is 9.18 Å². The van der Waals surface area contributed by atoms with Gasteiger partial charge in [-0.15, -0.1) is 11.6 Å². The van der Waals surface area contributed by atoms with Crippen molar-refractivity contribution in [3.8, 4) is 5.75 Å². The smallest absolute Gasteiger partial charge is 0.131 e. The van der Waals surface area contributed by atoms with Crippen LogP contribution in [0.25, 0.3) is 0 Å². The Balaban J connectivity index is 2.18. The Labute approximate surface area is 116 Å². The van der Waals surface area contributed by atoms with Crippen molar-refractivity contribution >= 4 is 17.4 Å². The van der Waals surface area contributed by atoms with Crippen LogP contribution in [-0.2, 0) is 9.53 Å². The highest BCUT2D eigenvalue weighted by Crippen LogP contribution is 2.34. The van der Waals surface area contributed by atoms with Crippen molar-refractivity contribution in [3.05, 3.63) is 29.6 Å². The molecule has 1 saturated heterocycles. The van der Waals surface area contributed by atoms with Crippen molar-refractivity contribution in [1.82, 2.24) is 0 Å². The molecular formula is C14H16ClFO3. The maximum atomic E-state index is 13.3. The van der Waals surface area contributed by atoms with Crippen LogP contribution in [0.2, 0.25) is 0 Å². The van der Waals surface area contributed by atoms with Gasteiger partial charge in [-0.2, -0.15) is 0 Å². The Hall–Kier alpha value is -1.13. The number of halogens is 2. The van der Waals surface area contributed by atoms with Crippen LogP contribution in [0, 0.1) is 5.82 Å². The van der Waals surface area contributed by atoms with Crippen molar-refractivity contribution in [2.24, 2.45) is 0 Å². The number of Topliss-reactive ketones (excluding diaryl/α,β-unsaturated/α-hetero) is 1. The van der Waals surface area contributed by atoms with Crippen molar-refractivity contribution < 1.29 is 18.7 Å². The highest BCUT2D eigenvalue weighted by Gasteiger charge is 2.22. The van der Waals surface area contributed by atoms with E-state index < -0.39 is 5.38 Å². The molecular weight excluding hydrogens is 271 g/mol. The lowest BCUT2D eigenvalue weighted by Crippen LogP contribution is -2.17. The van der Waals surface area contributed by atoms with Gasteiger partial charge in [0.1, 0.15) is 23.5 Å². The molecule has 104 valence electrons. The molecule has 1 aromatic carbocycles. The number of ketones is 1. The minimum atomic E-state index is -0.578. The van der Waals surface area contributed by atoms with E-state index in [1.54, 1.807) is 6.07 Å². The molecule has 1 heterocycles. The quantitative estimate of drug-likeness (QED) is 0.780. The van der Waals surface area contributed by atoms with Gasteiger partial charge in [0.2, 0.25) is 0 Å². The van der Waals surface area contributed by atoms with Crippen molar-refractivity contribution in [1.29, 1.82) is 0 Å². The van der Waals surface area contributed by atoms with Gasteiger partial charge in [0.05, 0.1) is 18.6 Å². The van der Waals surface area contributed by atoms with E-state index in [1.165, 1.54) is 19.1 Å². The summed E-state index contributed by atoms with van der Waals surface area (Å²) in [5.74, 6) is 0.0942. The molecule has 0 aliphatic carbocycles. The van der Waals surface area contributed by atoms with Gasteiger partial charge >= 0.3 is 0 Å². The third-order valence-electron chi connectivity index (χ3n) is 2.96. The summed E-state index contributed by atoms with van der Waals surface area (Å²) in [7, 11) is 0. The van der Waals surface area contributed by atoms with Gasteiger partial charge in [-0.05, 0) is 25.1 Å². The first kappa shape index (κ1) is 14.3. The van der Waals surface area contributed by atoms with Gasteiger partial charge in [-0.3, -0.25) is 4.79 Å². The number of alkyl halides is 1. The molecule has 0 amide bonds. The van der Waals surface area contributed by atoms with Crippen molar-refractivity contribution in [2.75, 3.05) is 13.2 Å². The number of hydrogen-bond acceptors (Lipinski definition) is 3. The van der Waals surface area contributed by atoms with Crippen LogP contribution < -0.4 is 4.74 Å². The fourth-order valence-electron chi connectivity index (χ4n) is 2.02. The zero-order chi connectivity index (χ0) is 13.8. The predicted molar refractivity (Wildman–Crippen MR) is 70.1 cm³/mol. The van der Waals surface area contributed by atoms with Gasteiger partial charge in [0.15, 0.2) is 0 Å². The largest absolute Gasteiger partial charge is 0.488 e. The van der Waals surface area contributed by atoms with E-state index in [2.05, 4.69) is 0 Å². The maximum absolute atomic E-state index is 13.3. The monoisotopic (exact) mass is 286 g/mol. The lowest BCUT2D eigenvalue weighted by Gasteiger charge is -2.18. The Kier molecular flexibility index (Phi) is 4.77. The first-order valence-corrected chi connectivity index (χ1v) is 6.67. The molecule has 0 bridgehead atoms. The van der Waals surface area contributed by atoms with Crippen LogP contribution in [0.1, 0.15) is 30.7 Å². The second-order valence-corrected chi connectivity index (χ2v) is 5.19. The minimum Gasteiger partial charge on any atom is -0.488 e. The molecule has 1 aromatic rings. The van der Waals surface area contributed by atoms with Crippen LogP contribution in [0.5, 0.6) is 5.75 Å². The van der Waals surface area contributed by atoms with Crippen LogP contribution in [0.15, 0.2) is 18.2 Å². The first-order valence-electron chi connectivity index (χ1n) is 6.23. The van der Waals surface area contributed by atoms with E-state index in [1.807, 2.05) is 0 Å². The summed E-state index contributed by atoms with van der Waals surface area (Å²) in [6.45, 7) is 2.65. The normalized spacial score (nSPS) is 20.3. The van der Waals surface area contributed by atoms with Crippen LogP contribution in [0.3, 0.4) is 0 Å². The van der Waals surface area contributed by atoms with Crippen LogP contribution in [0.4, 0.5) is 4.39 Å². The van der Waals surface area contributed by atoms with E-state index in [0.29, 0.717) is 24.5 Å². The number of benzene rings is 1. The SMILES string of the molecule is CC(=O)C[C@H](Cl)c1cc(F)ccc1OC1CCOC1. The molecule has 3 nitrogen and oxygen atoms in total. The highest BCUT2D eigenvalue weighted by atomic mass is 35.5. The summed E-state index contributed by atoms with van der Waals surface area (Å²) < 4.78 is 24.3. The van der Waals surface area contributed by atoms with Crippen LogP contribution in [-0.4, -0.2) is 25.1 Å². The molecule has 0 spiro atoms. The number of rotatable bonds is 5. The number of hydrogen-bond donors (Lipinski definition) is 0. The van der Waals surface area contributed by atoms with Gasteiger partial charge in [-0.25, -0.2) is 4.39 Å². The molecule has 2 rings (SSSR count).